The van der Waals surface area contributed by atoms with E-state index in [9.17, 15) is 14.4 Å². The first-order valence-electron chi connectivity index (χ1n) is 12.0. The number of halogens is 2. The van der Waals surface area contributed by atoms with Crippen LogP contribution in [-0.4, -0.2) is 64.0 Å². The second-order valence-corrected chi connectivity index (χ2v) is 10.2. The predicted molar refractivity (Wildman–Crippen MR) is 149 cm³/mol. The Bertz CT molecular complexity index is 1490. The van der Waals surface area contributed by atoms with Crippen LogP contribution in [0.25, 0.3) is 11.4 Å². The second-order valence-electron chi connectivity index (χ2n) is 9.37. The maximum absolute atomic E-state index is 14.0. The van der Waals surface area contributed by atoms with Gasteiger partial charge in [0.25, 0.3) is 5.91 Å². The Morgan fingerprint density at radius 2 is 1.87 bits per heavy atom. The lowest BCUT2D eigenvalue weighted by Gasteiger charge is -2.28. The Morgan fingerprint density at radius 3 is 2.44 bits per heavy atom. The lowest BCUT2D eigenvalue weighted by Crippen LogP contribution is -2.30. The van der Waals surface area contributed by atoms with Crippen LogP contribution >= 0.6 is 23.2 Å². The summed E-state index contributed by atoms with van der Waals surface area (Å²) in [4.78, 5) is 50.0. The quantitative estimate of drug-likeness (QED) is 0.197. The number of aromatic nitrogens is 3. The molecule has 0 N–H and O–H groups in total. The lowest BCUT2D eigenvalue weighted by atomic mass is 10.0. The fraction of sp³-hybridized carbons (Fsp3) is 0.250. The average Bonchev–Trinajstić information content (AvgIpc) is 3.42. The van der Waals surface area contributed by atoms with Crippen molar-refractivity contribution >= 4 is 41.7 Å². The zero-order valence-corrected chi connectivity index (χ0v) is 23.6. The van der Waals surface area contributed by atoms with Gasteiger partial charge in [0.1, 0.15) is 11.9 Å². The van der Waals surface area contributed by atoms with Gasteiger partial charge in [-0.2, -0.15) is 0 Å². The molecule has 0 saturated carbocycles. The molecule has 1 atom stereocenters. The molecule has 0 fully saturated rings. The van der Waals surface area contributed by atoms with E-state index in [-0.39, 0.29) is 28.3 Å². The molecule has 1 aromatic carbocycles. The monoisotopic (exact) mass is 567 g/mol. The number of carbonyl (C=O) groups is 3. The van der Waals surface area contributed by atoms with E-state index in [2.05, 4.69) is 4.98 Å². The number of hydrogen-bond donors (Lipinski definition) is 0. The summed E-state index contributed by atoms with van der Waals surface area (Å²) in [7, 11) is 5.06. The molecule has 0 saturated heterocycles. The maximum Gasteiger partial charge on any atom is 0.279 e. The Hall–Kier alpha value is -3.95. The third-order valence-corrected chi connectivity index (χ3v) is 6.56. The van der Waals surface area contributed by atoms with Crippen LogP contribution in [0.15, 0.2) is 59.5 Å². The second kappa shape index (κ2) is 11.4. The van der Waals surface area contributed by atoms with Crippen molar-refractivity contribution in [2.45, 2.75) is 25.9 Å². The lowest BCUT2D eigenvalue weighted by molar-refractivity contribution is -0.106. The van der Waals surface area contributed by atoms with Crippen LogP contribution in [0.5, 0.6) is 5.88 Å². The summed E-state index contributed by atoms with van der Waals surface area (Å²) in [6.45, 7) is 3.91. The number of nitrogens with zero attached hydrogens (tertiary/aromatic N) is 5. The molecule has 0 bridgehead atoms. The molecule has 1 aliphatic heterocycles. The van der Waals surface area contributed by atoms with Crippen molar-refractivity contribution in [3.63, 3.8) is 0 Å². The molecule has 3 aromatic rings. The maximum atomic E-state index is 14.0. The molecule has 9 nitrogen and oxygen atoms in total. The Balaban J connectivity index is 2.02. The van der Waals surface area contributed by atoms with Crippen LogP contribution in [-0.2, 0) is 4.79 Å². The van der Waals surface area contributed by atoms with Gasteiger partial charge in [-0.1, -0.05) is 35.3 Å². The Labute approximate surface area is 236 Å². The topological polar surface area (TPSA) is 97.6 Å². The Morgan fingerprint density at radius 1 is 1.18 bits per heavy atom. The van der Waals surface area contributed by atoms with E-state index >= 15 is 0 Å². The van der Waals surface area contributed by atoms with E-state index in [4.69, 9.17) is 32.9 Å². The minimum Gasteiger partial charge on any atom is -0.480 e. The number of pyridine rings is 1. The van der Waals surface area contributed by atoms with Gasteiger partial charge in [-0.3, -0.25) is 19.3 Å². The van der Waals surface area contributed by atoms with E-state index in [0.717, 1.165) is 0 Å². The number of imidazole rings is 1. The van der Waals surface area contributed by atoms with Crippen molar-refractivity contribution in [3.05, 3.63) is 87.1 Å². The number of benzene rings is 1. The molecular weight excluding hydrogens is 541 g/mol. The van der Waals surface area contributed by atoms with Gasteiger partial charge in [-0.15, -0.1) is 0 Å². The first-order valence-corrected chi connectivity index (χ1v) is 12.8. The van der Waals surface area contributed by atoms with Crippen LogP contribution in [0.4, 0.5) is 0 Å². The molecule has 11 heteroatoms. The summed E-state index contributed by atoms with van der Waals surface area (Å²) in [5.74, 6) is 0.196. The number of carbonyl (C=O) groups excluding carboxylic acids is 3. The zero-order chi connectivity index (χ0) is 28.4. The number of rotatable bonds is 9. The van der Waals surface area contributed by atoms with Crippen LogP contribution in [0.1, 0.15) is 58.0 Å². The third kappa shape index (κ3) is 5.32. The van der Waals surface area contributed by atoms with Crippen molar-refractivity contribution in [1.82, 2.24) is 24.3 Å². The highest BCUT2D eigenvalue weighted by molar-refractivity contribution is 6.31. The van der Waals surface area contributed by atoms with Crippen molar-refractivity contribution in [1.29, 1.82) is 0 Å². The Kier molecular flexibility index (Phi) is 8.22. The molecule has 1 unspecified atom stereocenters. The zero-order valence-electron chi connectivity index (χ0n) is 22.1. The summed E-state index contributed by atoms with van der Waals surface area (Å²) < 4.78 is 7.37. The highest BCUT2D eigenvalue weighted by Crippen LogP contribution is 2.45. The molecule has 39 heavy (non-hydrogen) atoms. The molecule has 2 aromatic heterocycles. The molecular formula is C28H27Cl2N5O4. The van der Waals surface area contributed by atoms with Crippen LogP contribution in [0.3, 0.4) is 0 Å². The minimum atomic E-state index is -0.720. The van der Waals surface area contributed by atoms with Gasteiger partial charge < -0.3 is 14.2 Å². The van der Waals surface area contributed by atoms with Gasteiger partial charge in [0.05, 0.1) is 29.1 Å². The number of methoxy groups -OCH3 is 1. The van der Waals surface area contributed by atoms with E-state index in [1.165, 1.54) is 24.3 Å². The number of hydrogen-bond acceptors (Lipinski definition) is 7. The highest BCUT2D eigenvalue weighted by atomic mass is 35.5. The SMILES string of the molecule is COc1ncc(C=O)cc1-c1nc2c(n1C(C)C)C(c1ccc(Cl)cc1)N(/C(C=O)=C/C(Cl)=C\N(C)C)C2=O. The van der Waals surface area contributed by atoms with E-state index in [1.807, 2.05) is 18.4 Å². The van der Waals surface area contributed by atoms with Crippen LogP contribution < -0.4 is 4.74 Å². The number of aldehydes is 2. The largest absolute Gasteiger partial charge is 0.480 e. The first-order chi connectivity index (χ1) is 18.6. The van der Waals surface area contributed by atoms with Crippen molar-refractivity contribution < 1.29 is 19.1 Å². The van der Waals surface area contributed by atoms with Crippen molar-refractivity contribution in [2.24, 2.45) is 0 Å². The van der Waals surface area contributed by atoms with E-state index < -0.39 is 11.9 Å². The molecule has 202 valence electrons. The molecule has 0 spiro atoms. The van der Waals surface area contributed by atoms with Gasteiger partial charge in [-0.25, -0.2) is 9.97 Å². The first kappa shape index (κ1) is 28.1. The molecule has 0 aliphatic carbocycles. The molecule has 0 radical (unpaired) electrons. The van der Waals surface area contributed by atoms with Gasteiger partial charge >= 0.3 is 0 Å². The fourth-order valence-electron chi connectivity index (χ4n) is 4.59. The smallest absolute Gasteiger partial charge is 0.279 e. The third-order valence-electron chi connectivity index (χ3n) is 6.10. The average molecular weight is 568 g/mol. The number of amides is 1. The minimum absolute atomic E-state index is 0.0695. The molecule has 1 aliphatic rings. The predicted octanol–water partition coefficient (Wildman–Crippen LogP) is 5.27. The normalized spacial score (nSPS) is 15.5. The van der Waals surface area contributed by atoms with E-state index in [0.29, 0.717) is 45.8 Å². The van der Waals surface area contributed by atoms with Crippen LogP contribution in [0.2, 0.25) is 5.02 Å². The summed E-state index contributed by atoms with van der Waals surface area (Å²) in [5.41, 5.74) is 2.32. The van der Waals surface area contributed by atoms with Gasteiger partial charge in [-0.05, 0) is 43.7 Å². The van der Waals surface area contributed by atoms with Gasteiger partial charge in [0.15, 0.2) is 18.3 Å². The van der Waals surface area contributed by atoms with E-state index in [1.54, 1.807) is 55.5 Å². The highest BCUT2D eigenvalue weighted by Gasteiger charge is 2.45. The molecule has 3 heterocycles. The van der Waals surface area contributed by atoms with Crippen molar-refractivity contribution in [3.8, 4) is 17.3 Å². The number of fused-ring (bicyclic) bond motifs is 1. The summed E-state index contributed by atoms with van der Waals surface area (Å²) >= 11 is 12.6. The van der Waals surface area contributed by atoms with Crippen LogP contribution in [0, 0.1) is 0 Å². The molecule has 4 rings (SSSR count). The fourth-order valence-corrected chi connectivity index (χ4v) is 5.02. The summed E-state index contributed by atoms with van der Waals surface area (Å²) in [6.07, 6.45) is 5.76. The summed E-state index contributed by atoms with van der Waals surface area (Å²) in [6, 6.07) is 7.77. The van der Waals surface area contributed by atoms with Gasteiger partial charge in [0, 0.05) is 43.1 Å². The molecule has 1 amide bonds. The number of allylic oxidation sites excluding steroid dienone is 3. The van der Waals surface area contributed by atoms with Gasteiger partial charge in [0.2, 0.25) is 5.88 Å². The number of ether oxygens (including phenoxy) is 1. The van der Waals surface area contributed by atoms with Crippen molar-refractivity contribution in [2.75, 3.05) is 21.2 Å². The standard InChI is InChI=1S/C28H27Cl2N5O4/c1-16(2)34-25-23(32-26(34)22-10-17(14-36)12-31-27(22)39-5)28(38)35(21(15-37)11-20(30)13-33(3)4)24(25)18-6-8-19(29)9-7-18/h6-16,24H,1-5H3/b20-13+,21-11+. The summed E-state index contributed by atoms with van der Waals surface area (Å²) in [5, 5.41) is 0.792.